The van der Waals surface area contributed by atoms with E-state index in [4.69, 9.17) is 0 Å². The van der Waals surface area contributed by atoms with Gasteiger partial charge in [0.15, 0.2) is 12.1 Å². The number of rotatable bonds is 4. The number of pyridine rings is 1. The van der Waals surface area contributed by atoms with Crippen LogP contribution in [-0.4, -0.2) is 35.4 Å². The number of carbonyl (C=O) groups excluding carboxylic acids is 1. The van der Waals surface area contributed by atoms with Gasteiger partial charge < -0.3 is 4.90 Å². The van der Waals surface area contributed by atoms with Gasteiger partial charge in [-0.3, -0.25) is 9.20 Å². The summed E-state index contributed by atoms with van der Waals surface area (Å²) >= 11 is 0. The van der Waals surface area contributed by atoms with Gasteiger partial charge >= 0.3 is 6.18 Å². The fraction of sp³-hybridized carbons (Fsp3) is 0.333. The first-order valence-corrected chi connectivity index (χ1v) is 5.62. The molecule has 19 heavy (non-hydrogen) atoms. The summed E-state index contributed by atoms with van der Waals surface area (Å²) in [5, 5.41) is 0. The normalized spacial score (nSPS) is 11.8. The van der Waals surface area contributed by atoms with E-state index in [9.17, 15) is 18.0 Å². The van der Waals surface area contributed by atoms with Gasteiger partial charge in [-0.05, 0) is 12.1 Å². The second kappa shape index (κ2) is 4.91. The van der Waals surface area contributed by atoms with Crippen molar-refractivity contribution in [1.29, 1.82) is 0 Å². The predicted octanol–water partition coefficient (Wildman–Crippen LogP) is 2.54. The van der Waals surface area contributed by atoms with Crippen molar-refractivity contribution in [3.63, 3.8) is 0 Å². The smallest absolute Gasteiger partial charge is 0.357 e. The Kier molecular flexibility index (Phi) is 3.46. The third kappa shape index (κ3) is 2.86. The summed E-state index contributed by atoms with van der Waals surface area (Å²) in [6.07, 6.45) is -2.93. The van der Waals surface area contributed by atoms with Crippen LogP contribution in [0.15, 0.2) is 24.4 Å². The van der Waals surface area contributed by atoms with Crippen LogP contribution >= 0.6 is 0 Å². The van der Waals surface area contributed by atoms with Crippen LogP contribution in [0, 0.1) is 0 Å². The highest BCUT2D eigenvalue weighted by molar-refractivity contribution is 5.83. The molecule has 0 aliphatic rings. The van der Waals surface area contributed by atoms with Gasteiger partial charge in [0, 0.05) is 19.8 Å². The molecule has 0 unspecified atom stereocenters. The first-order chi connectivity index (χ1) is 8.92. The van der Waals surface area contributed by atoms with E-state index in [1.165, 1.54) is 11.9 Å². The third-order valence-electron chi connectivity index (χ3n) is 2.75. The van der Waals surface area contributed by atoms with E-state index in [2.05, 4.69) is 4.98 Å². The van der Waals surface area contributed by atoms with Crippen LogP contribution in [0.1, 0.15) is 16.9 Å². The van der Waals surface area contributed by atoms with Crippen LogP contribution in [0.5, 0.6) is 0 Å². The van der Waals surface area contributed by atoms with Crippen LogP contribution in [0.2, 0.25) is 0 Å². The van der Waals surface area contributed by atoms with Crippen LogP contribution in [0.25, 0.3) is 5.65 Å². The number of fused-ring (bicyclic) bond motifs is 1. The zero-order valence-electron chi connectivity index (χ0n) is 10.2. The summed E-state index contributed by atoms with van der Waals surface area (Å²) in [5.74, 6) is 0.255. The molecule has 0 amide bonds. The summed E-state index contributed by atoms with van der Waals surface area (Å²) in [6.45, 7) is -0.242. The van der Waals surface area contributed by atoms with Crippen molar-refractivity contribution in [3.8, 4) is 0 Å². The Morgan fingerprint density at radius 2 is 2.16 bits per heavy atom. The maximum Gasteiger partial charge on any atom is 0.390 e. The minimum Gasteiger partial charge on any atom is -0.357 e. The van der Waals surface area contributed by atoms with Crippen LogP contribution in [0.3, 0.4) is 0 Å². The molecule has 0 saturated heterocycles. The lowest BCUT2D eigenvalue weighted by molar-refractivity contribution is -0.132. The number of alkyl halides is 3. The molecule has 0 saturated carbocycles. The van der Waals surface area contributed by atoms with E-state index in [0.717, 1.165) is 0 Å². The quantitative estimate of drug-likeness (QED) is 0.802. The van der Waals surface area contributed by atoms with Crippen molar-refractivity contribution in [3.05, 3.63) is 30.1 Å². The predicted molar refractivity (Wildman–Crippen MR) is 64.5 cm³/mol. The molecule has 2 aromatic rings. The minimum atomic E-state index is -4.23. The molecule has 0 fully saturated rings. The standard InChI is InChI=1S/C12H12F3N3O/c1-17(7-5-12(13,14)15)11-9(8-19)18-6-3-2-4-10(18)16-11/h2-4,6,8H,5,7H2,1H3. The molecule has 0 N–H and O–H groups in total. The van der Waals surface area contributed by atoms with Crippen molar-refractivity contribution < 1.29 is 18.0 Å². The van der Waals surface area contributed by atoms with E-state index >= 15 is 0 Å². The molecule has 7 heteroatoms. The second-order valence-corrected chi connectivity index (χ2v) is 4.15. The topological polar surface area (TPSA) is 37.6 Å². The summed E-state index contributed by atoms with van der Waals surface area (Å²) in [5.41, 5.74) is 0.777. The monoisotopic (exact) mass is 271 g/mol. The van der Waals surface area contributed by atoms with Crippen molar-refractivity contribution in [2.24, 2.45) is 0 Å². The van der Waals surface area contributed by atoms with Gasteiger partial charge in [-0.1, -0.05) is 6.07 Å². The Bertz CT molecular complexity index is 591. The molecular weight excluding hydrogens is 259 g/mol. The molecule has 0 radical (unpaired) electrons. The van der Waals surface area contributed by atoms with Crippen LogP contribution < -0.4 is 4.90 Å². The van der Waals surface area contributed by atoms with E-state index in [-0.39, 0.29) is 18.1 Å². The summed E-state index contributed by atoms with van der Waals surface area (Å²) in [6, 6.07) is 5.16. The fourth-order valence-electron chi connectivity index (χ4n) is 1.79. The zero-order chi connectivity index (χ0) is 14.0. The summed E-state index contributed by atoms with van der Waals surface area (Å²) in [4.78, 5) is 16.6. The lowest BCUT2D eigenvalue weighted by Crippen LogP contribution is -2.25. The van der Waals surface area contributed by atoms with E-state index < -0.39 is 12.6 Å². The molecule has 0 aromatic carbocycles. The maximum absolute atomic E-state index is 12.2. The average molecular weight is 271 g/mol. The van der Waals surface area contributed by atoms with Gasteiger partial charge in [0.1, 0.15) is 11.3 Å². The zero-order valence-corrected chi connectivity index (χ0v) is 10.2. The first-order valence-electron chi connectivity index (χ1n) is 5.62. The van der Waals surface area contributed by atoms with Gasteiger partial charge in [0.2, 0.25) is 0 Å². The van der Waals surface area contributed by atoms with Crippen molar-refractivity contribution in [2.45, 2.75) is 12.6 Å². The lowest BCUT2D eigenvalue weighted by Gasteiger charge is -2.17. The summed E-state index contributed by atoms with van der Waals surface area (Å²) < 4.78 is 38.1. The number of carbonyl (C=O) groups is 1. The molecule has 2 aromatic heterocycles. The Labute approximate surface area is 107 Å². The van der Waals surface area contributed by atoms with Crippen LogP contribution in [-0.2, 0) is 0 Å². The highest BCUT2D eigenvalue weighted by atomic mass is 19.4. The number of imidazole rings is 1. The Balaban J connectivity index is 2.31. The van der Waals surface area contributed by atoms with E-state index in [0.29, 0.717) is 11.9 Å². The first kappa shape index (κ1) is 13.4. The SMILES string of the molecule is CN(CCC(F)(F)F)c1nc2ccccn2c1C=O. The van der Waals surface area contributed by atoms with Gasteiger partial charge in [0.25, 0.3) is 0 Å². The van der Waals surface area contributed by atoms with Gasteiger partial charge in [-0.15, -0.1) is 0 Å². The number of aromatic nitrogens is 2. The highest BCUT2D eigenvalue weighted by Gasteiger charge is 2.28. The molecule has 4 nitrogen and oxygen atoms in total. The van der Waals surface area contributed by atoms with Gasteiger partial charge in [-0.2, -0.15) is 13.2 Å². The van der Waals surface area contributed by atoms with Crippen molar-refractivity contribution in [1.82, 2.24) is 9.38 Å². The largest absolute Gasteiger partial charge is 0.390 e. The van der Waals surface area contributed by atoms with Crippen LogP contribution in [0.4, 0.5) is 19.0 Å². The van der Waals surface area contributed by atoms with Gasteiger partial charge in [0.05, 0.1) is 6.42 Å². The maximum atomic E-state index is 12.2. The second-order valence-electron chi connectivity index (χ2n) is 4.15. The fourth-order valence-corrected chi connectivity index (χ4v) is 1.79. The molecule has 0 aliphatic heterocycles. The number of nitrogens with zero attached hydrogens (tertiary/aromatic N) is 3. The van der Waals surface area contributed by atoms with Crippen molar-refractivity contribution in [2.75, 3.05) is 18.5 Å². The molecule has 102 valence electrons. The number of hydrogen-bond acceptors (Lipinski definition) is 3. The molecule has 2 rings (SSSR count). The Morgan fingerprint density at radius 1 is 1.42 bits per heavy atom. The number of hydrogen-bond donors (Lipinski definition) is 0. The average Bonchev–Trinajstić information content (AvgIpc) is 2.73. The van der Waals surface area contributed by atoms with Gasteiger partial charge in [-0.25, -0.2) is 4.98 Å². The highest BCUT2D eigenvalue weighted by Crippen LogP contribution is 2.23. The number of halogens is 3. The number of anilines is 1. The molecule has 2 heterocycles. The molecule has 0 aliphatic carbocycles. The molecule has 0 spiro atoms. The Hall–Kier alpha value is -2.05. The number of aldehydes is 1. The third-order valence-corrected chi connectivity index (χ3v) is 2.75. The minimum absolute atomic E-state index is 0.242. The van der Waals surface area contributed by atoms with Crippen molar-refractivity contribution >= 4 is 17.8 Å². The van der Waals surface area contributed by atoms with E-state index in [1.54, 1.807) is 28.8 Å². The molecule has 0 atom stereocenters. The molecule has 0 bridgehead atoms. The summed E-state index contributed by atoms with van der Waals surface area (Å²) in [7, 11) is 1.49. The van der Waals surface area contributed by atoms with E-state index in [1.807, 2.05) is 0 Å². The molecular formula is C12H12F3N3O. The lowest BCUT2D eigenvalue weighted by atomic mass is 10.3. The Morgan fingerprint density at radius 3 is 2.79 bits per heavy atom.